The molecule has 0 heterocycles. The van der Waals surface area contributed by atoms with Gasteiger partial charge in [0.25, 0.3) is 5.91 Å². The average molecular weight is 554 g/mol. The second kappa shape index (κ2) is 14.0. The maximum Gasteiger partial charge on any atom is 0.408 e. The lowest BCUT2D eigenvalue weighted by Crippen LogP contribution is -2.55. The summed E-state index contributed by atoms with van der Waals surface area (Å²) in [7, 11) is 0. The van der Waals surface area contributed by atoms with Crippen LogP contribution in [0.3, 0.4) is 0 Å². The van der Waals surface area contributed by atoms with Crippen LogP contribution in [0.15, 0.2) is 42.5 Å². The van der Waals surface area contributed by atoms with Gasteiger partial charge >= 0.3 is 6.09 Å². The van der Waals surface area contributed by atoms with Crippen molar-refractivity contribution in [3.05, 3.63) is 64.2 Å². The number of aryl methyl sites for hydroxylation is 1. The molecule has 3 unspecified atom stereocenters. The van der Waals surface area contributed by atoms with Crippen LogP contribution >= 0.6 is 11.6 Å². The summed E-state index contributed by atoms with van der Waals surface area (Å²) in [5, 5.41) is 6.07. The zero-order valence-corrected chi connectivity index (χ0v) is 24.7. The number of nitrogens with zero attached hydrogens (tertiary/aromatic N) is 1. The van der Waals surface area contributed by atoms with Crippen LogP contribution in [0.1, 0.15) is 77.1 Å². The molecule has 2 rings (SSSR count). The summed E-state index contributed by atoms with van der Waals surface area (Å²) in [5.74, 6) is 1.54. The Morgan fingerprint density at radius 2 is 1.77 bits per heavy atom. The number of anilines is 1. The largest absolute Gasteiger partial charge is 0.444 e. The molecule has 8 heteroatoms. The van der Waals surface area contributed by atoms with Crippen LogP contribution in [0.25, 0.3) is 0 Å². The SMILES string of the molecule is C#Cc1ccccc1C(C(=O)Nc1c(C)cccc1Cl)N(CCC)C(=O)C(NC(=O)OC(C)(C)C)C(C)CC. The van der Waals surface area contributed by atoms with E-state index in [0.29, 0.717) is 34.7 Å². The van der Waals surface area contributed by atoms with Crippen molar-refractivity contribution in [3.63, 3.8) is 0 Å². The molecular weight excluding hydrogens is 514 g/mol. The van der Waals surface area contributed by atoms with Gasteiger partial charge in [0.05, 0.1) is 10.7 Å². The average Bonchev–Trinajstić information content (AvgIpc) is 2.87. The number of para-hydroxylation sites is 1. The van der Waals surface area contributed by atoms with Crippen LogP contribution in [-0.4, -0.2) is 41.0 Å². The van der Waals surface area contributed by atoms with Crippen molar-refractivity contribution in [1.82, 2.24) is 10.2 Å². The van der Waals surface area contributed by atoms with Gasteiger partial charge in [0, 0.05) is 12.1 Å². The number of rotatable bonds is 10. The summed E-state index contributed by atoms with van der Waals surface area (Å²) >= 11 is 6.42. The van der Waals surface area contributed by atoms with E-state index in [4.69, 9.17) is 22.8 Å². The van der Waals surface area contributed by atoms with Gasteiger partial charge in [0.2, 0.25) is 5.91 Å². The molecule has 0 bridgehead atoms. The molecule has 0 saturated carbocycles. The van der Waals surface area contributed by atoms with Crippen LogP contribution in [0.2, 0.25) is 5.02 Å². The summed E-state index contributed by atoms with van der Waals surface area (Å²) in [6, 6.07) is 10.4. The molecule has 7 nitrogen and oxygen atoms in total. The van der Waals surface area contributed by atoms with Crippen LogP contribution in [0, 0.1) is 25.2 Å². The van der Waals surface area contributed by atoms with Crippen molar-refractivity contribution in [2.45, 2.75) is 79.0 Å². The van der Waals surface area contributed by atoms with Crippen LogP contribution < -0.4 is 10.6 Å². The number of nitrogens with one attached hydrogen (secondary N) is 2. The number of terminal acetylenes is 1. The molecule has 2 aromatic carbocycles. The molecule has 0 fully saturated rings. The first-order valence-electron chi connectivity index (χ1n) is 13.3. The molecule has 0 aliphatic carbocycles. The molecule has 210 valence electrons. The fourth-order valence-electron chi connectivity index (χ4n) is 4.20. The Balaban J connectivity index is 2.63. The number of carbonyl (C=O) groups is 3. The molecule has 0 spiro atoms. The first kappa shape index (κ1) is 31.7. The zero-order chi connectivity index (χ0) is 29.3. The van der Waals surface area contributed by atoms with Gasteiger partial charge in [-0.05, 0) is 63.3 Å². The number of hydrogen-bond acceptors (Lipinski definition) is 4. The molecule has 3 atom stereocenters. The lowest BCUT2D eigenvalue weighted by atomic mass is 9.94. The van der Waals surface area contributed by atoms with Crippen molar-refractivity contribution < 1.29 is 19.1 Å². The molecule has 0 aliphatic heterocycles. The minimum absolute atomic E-state index is 0.234. The normalized spacial score (nSPS) is 13.4. The second-order valence-corrected chi connectivity index (χ2v) is 11.0. The predicted molar refractivity (Wildman–Crippen MR) is 157 cm³/mol. The number of carbonyl (C=O) groups excluding carboxylic acids is 3. The third kappa shape index (κ3) is 8.49. The van der Waals surface area contributed by atoms with E-state index < -0.39 is 35.6 Å². The van der Waals surface area contributed by atoms with E-state index in [2.05, 4.69) is 16.6 Å². The van der Waals surface area contributed by atoms with Crippen molar-refractivity contribution in [1.29, 1.82) is 0 Å². The van der Waals surface area contributed by atoms with Gasteiger partial charge in [0.15, 0.2) is 0 Å². The number of ether oxygens (including phenoxy) is 1. The van der Waals surface area contributed by atoms with Gasteiger partial charge in [-0.3, -0.25) is 9.59 Å². The van der Waals surface area contributed by atoms with E-state index in [1.165, 1.54) is 4.90 Å². The molecule has 0 aliphatic rings. The number of hydrogen-bond donors (Lipinski definition) is 2. The van der Waals surface area contributed by atoms with E-state index in [1.54, 1.807) is 57.2 Å². The molecule has 3 amide bonds. The maximum absolute atomic E-state index is 14.2. The highest BCUT2D eigenvalue weighted by Crippen LogP contribution is 2.31. The smallest absolute Gasteiger partial charge is 0.408 e. The zero-order valence-electron chi connectivity index (χ0n) is 23.9. The number of amides is 3. The van der Waals surface area contributed by atoms with E-state index in [0.717, 1.165) is 5.56 Å². The van der Waals surface area contributed by atoms with E-state index in [1.807, 2.05) is 33.8 Å². The molecule has 2 aromatic rings. The minimum atomic E-state index is -1.08. The lowest BCUT2D eigenvalue weighted by Gasteiger charge is -2.36. The number of alkyl carbamates (subject to hydrolysis) is 1. The minimum Gasteiger partial charge on any atom is -0.444 e. The number of halogens is 1. The molecule has 0 radical (unpaired) electrons. The van der Waals surface area contributed by atoms with Gasteiger partial charge in [-0.25, -0.2) is 4.79 Å². The summed E-state index contributed by atoms with van der Waals surface area (Å²) in [6.07, 6.45) is 6.30. The topological polar surface area (TPSA) is 87.7 Å². The standard InChI is InChI=1S/C31H40ClN3O4/c1-9-19-35(29(37)26(20(4)10-2)34-30(38)39-31(6,7)8)27(23-17-13-12-16-22(23)11-3)28(36)33-25-21(5)15-14-18-24(25)32/h3,12-18,20,26-27H,9-10,19H2,1-2,4-8H3,(H,33,36)(H,34,38). The first-order valence-corrected chi connectivity index (χ1v) is 13.6. The van der Waals surface area contributed by atoms with Gasteiger partial charge in [-0.15, -0.1) is 6.42 Å². The van der Waals surface area contributed by atoms with E-state index in [-0.39, 0.29) is 12.5 Å². The van der Waals surface area contributed by atoms with Crippen molar-refractivity contribution in [2.24, 2.45) is 5.92 Å². The molecule has 39 heavy (non-hydrogen) atoms. The molecule has 0 saturated heterocycles. The van der Waals surface area contributed by atoms with Crippen LogP contribution in [-0.2, 0) is 14.3 Å². The third-order valence-electron chi connectivity index (χ3n) is 6.34. The highest BCUT2D eigenvalue weighted by atomic mass is 35.5. The van der Waals surface area contributed by atoms with E-state index in [9.17, 15) is 14.4 Å². The molecule has 0 aromatic heterocycles. The maximum atomic E-state index is 14.2. The Hall–Kier alpha value is -3.50. The summed E-state index contributed by atoms with van der Waals surface area (Å²) < 4.78 is 5.45. The summed E-state index contributed by atoms with van der Waals surface area (Å²) in [6.45, 7) is 13.1. The second-order valence-electron chi connectivity index (χ2n) is 10.6. The number of benzene rings is 2. The summed E-state index contributed by atoms with van der Waals surface area (Å²) in [4.78, 5) is 42.5. The first-order chi connectivity index (χ1) is 18.3. The fraction of sp³-hybridized carbons (Fsp3) is 0.452. The van der Waals surface area contributed by atoms with Gasteiger partial charge < -0.3 is 20.3 Å². The third-order valence-corrected chi connectivity index (χ3v) is 6.65. The van der Waals surface area contributed by atoms with Crippen molar-refractivity contribution in [2.75, 3.05) is 11.9 Å². The van der Waals surface area contributed by atoms with E-state index >= 15 is 0 Å². The highest BCUT2D eigenvalue weighted by molar-refractivity contribution is 6.34. The Labute approximate surface area is 237 Å². The van der Waals surface area contributed by atoms with Crippen molar-refractivity contribution >= 4 is 35.2 Å². The van der Waals surface area contributed by atoms with Crippen LogP contribution in [0.4, 0.5) is 10.5 Å². The molecule has 2 N–H and O–H groups in total. The van der Waals surface area contributed by atoms with Gasteiger partial charge in [0.1, 0.15) is 17.7 Å². The Morgan fingerprint density at radius 1 is 1.10 bits per heavy atom. The van der Waals surface area contributed by atoms with Crippen LogP contribution in [0.5, 0.6) is 0 Å². The highest BCUT2D eigenvalue weighted by Gasteiger charge is 2.38. The van der Waals surface area contributed by atoms with Crippen molar-refractivity contribution in [3.8, 4) is 12.3 Å². The lowest BCUT2D eigenvalue weighted by molar-refractivity contribution is -0.141. The Morgan fingerprint density at radius 3 is 2.33 bits per heavy atom. The van der Waals surface area contributed by atoms with Gasteiger partial charge in [-0.1, -0.05) is 75.0 Å². The fourth-order valence-corrected chi connectivity index (χ4v) is 4.47. The monoisotopic (exact) mass is 553 g/mol. The van der Waals surface area contributed by atoms with Gasteiger partial charge in [-0.2, -0.15) is 0 Å². The molecular formula is C31H40ClN3O4. The quantitative estimate of drug-likeness (QED) is 0.329. The summed E-state index contributed by atoms with van der Waals surface area (Å²) in [5.41, 5.74) is 1.49. The Bertz CT molecular complexity index is 1190. The Kier molecular flexibility index (Phi) is 11.4. The predicted octanol–water partition coefficient (Wildman–Crippen LogP) is 6.49.